The van der Waals surface area contributed by atoms with Crippen molar-refractivity contribution in [2.45, 2.75) is 52.0 Å². The first-order chi connectivity index (χ1) is 9.15. The van der Waals surface area contributed by atoms with Crippen molar-refractivity contribution >= 4 is 23.7 Å². The van der Waals surface area contributed by atoms with Gasteiger partial charge in [0.25, 0.3) is 0 Å². The molecule has 4 nitrogen and oxygen atoms in total. The highest BCUT2D eigenvalue weighted by molar-refractivity contribution is 6.32. The van der Waals surface area contributed by atoms with Gasteiger partial charge in [-0.2, -0.15) is 0 Å². The molecule has 1 aliphatic rings. The molecule has 1 fully saturated rings. The molecule has 1 N–H and O–H groups in total. The van der Waals surface area contributed by atoms with Crippen LogP contribution >= 0.6 is 11.6 Å². The zero-order chi connectivity index (χ0) is 13.8. The number of rotatable bonds is 4. The van der Waals surface area contributed by atoms with Crippen LogP contribution in [-0.4, -0.2) is 22.3 Å². The second kappa shape index (κ2) is 6.33. The third-order valence-electron chi connectivity index (χ3n) is 3.88. The number of anilines is 1. The Kier molecular flexibility index (Phi) is 4.75. The van der Waals surface area contributed by atoms with Crippen LogP contribution in [0.15, 0.2) is 0 Å². The highest BCUT2D eigenvalue weighted by Crippen LogP contribution is 2.30. The standard InChI is InChI=1S/C14H20ClN3O/c1-3-10-6-4-5-7-12(10)18-14-11(8-19)13(15)16-9(2)17-14/h8,10,12H,3-7H2,1-2H3,(H,16,17,18). The van der Waals surface area contributed by atoms with Gasteiger partial charge in [-0.3, -0.25) is 4.79 Å². The molecule has 0 saturated heterocycles. The molecule has 1 aromatic heterocycles. The van der Waals surface area contributed by atoms with Crippen molar-refractivity contribution in [3.05, 3.63) is 16.5 Å². The van der Waals surface area contributed by atoms with E-state index in [1.807, 2.05) is 0 Å². The maximum absolute atomic E-state index is 11.1. The molecular formula is C14H20ClN3O. The minimum Gasteiger partial charge on any atom is -0.366 e. The first-order valence-electron chi connectivity index (χ1n) is 6.91. The zero-order valence-corrected chi connectivity index (χ0v) is 12.2. The fraction of sp³-hybridized carbons (Fsp3) is 0.643. The van der Waals surface area contributed by atoms with Crippen molar-refractivity contribution in [3.63, 3.8) is 0 Å². The van der Waals surface area contributed by atoms with Crippen LogP contribution in [0.1, 0.15) is 55.2 Å². The molecule has 1 aliphatic carbocycles. The molecule has 0 aromatic carbocycles. The van der Waals surface area contributed by atoms with Crippen molar-refractivity contribution in [3.8, 4) is 0 Å². The Morgan fingerprint density at radius 3 is 2.79 bits per heavy atom. The number of aryl methyl sites for hydroxylation is 1. The van der Waals surface area contributed by atoms with E-state index in [-0.39, 0.29) is 5.15 Å². The molecular weight excluding hydrogens is 262 g/mol. The van der Waals surface area contributed by atoms with E-state index in [4.69, 9.17) is 11.6 Å². The van der Waals surface area contributed by atoms with Gasteiger partial charge in [0.1, 0.15) is 16.8 Å². The zero-order valence-electron chi connectivity index (χ0n) is 11.4. The van der Waals surface area contributed by atoms with Crippen LogP contribution in [0.5, 0.6) is 0 Å². The van der Waals surface area contributed by atoms with Gasteiger partial charge in [0.05, 0.1) is 5.56 Å². The Balaban J connectivity index is 2.24. The molecule has 19 heavy (non-hydrogen) atoms. The molecule has 1 heterocycles. The van der Waals surface area contributed by atoms with Crippen molar-refractivity contribution < 1.29 is 4.79 Å². The molecule has 0 spiro atoms. The van der Waals surface area contributed by atoms with E-state index < -0.39 is 0 Å². The number of aromatic nitrogens is 2. The summed E-state index contributed by atoms with van der Waals surface area (Å²) in [6.07, 6.45) is 6.75. The molecule has 1 aromatic rings. The summed E-state index contributed by atoms with van der Waals surface area (Å²) in [5.74, 6) is 1.81. The van der Waals surface area contributed by atoms with Crippen LogP contribution < -0.4 is 5.32 Å². The number of nitrogens with one attached hydrogen (secondary N) is 1. The van der Waals surface area contributed by atoms with E-state index in [1.54, 1.807) is 6.92 Å². The van der Waals surface area contributed by atoms with Gasteiger partial charge in [-0.15, -0.1) is 0 Å². The van der Waals surface area contributed by atoms with Crippen LogP contribution in [0, 0.1) is 12.8 Å². The molecule has 0 radical (unpaired) electrons. The summed E-state index contributed by atoms with van der Waals surface area (Å²) in [5, 5.41) is 3.65. The lowest BCUT2D eigenvalue weighted by molar-refractivity contribution is 0.112. The Morgan fingerprint density at radius 2 is 2.11 bits per heavy atom. The van der Waals surface area contributed by atoms with Gasteiger partial charge in [0.15, 0.2) is 6.29 Å². The topological polar surface area (TPSA) is 54.9 Å². The van der Waals surface area contributed by atoms with Crippen LogP contribution in [0.4, 0.5) is 5.82 Å². The van der Waals surface area contributed by atoms with Crippen molar-refractivity contribution in [2.24, 2.45) is 5.92 Å². The average Bonchev–Trinajstić information content (AvgIpc) is 2.39. The quantitative estimate of drug-likeness (QED) is 0.676. The van der Waals surface area contributed by atoms with Gasteiger partial charge in [-0.25, -0.2) is 9.97 Å². The average molecular weight is 282 g/mol. The van der Waals surface area contributed by atoms with Gasteiger partial charge in [0.2, 0.25) is 0 Å². The second-order valence-corrected chi connectivity index (χ2v) is 5.50. The van der Waals surface area contributed by atoms with Crippen molar-refractivity contribution in [1.29, 1.82) is 0 Å². The summed E-state index contributed by atoms with van der Waals surface area (Å²) in [6.45, 7) is 3.99. The van der Waals surface area contributed by atoms with E-state index in [9.17, 15) is 4.79 Å². The SMILES string of the molecule is CCC1CCCCC1Nc1nc(C)nc(Cl)c1C=O. The summed E-state index contributed by atoms with van der Waals surface area (Å²) < 4.78 is 0. The van der Waals surface area contributed by atoms with Gasteiger partial charge in [0, 0.05) is 6.04 Å². The Hall–Kier alpha value is -1.16. The number of hydrogen-bond acceptors (Lipinski definition) is 4. The van der Waals surface area contributed by atoms with Gasteiger partial charge >= 0.3 is 0 Å². The van der Waals surface area contributed by atoms with E-state index in [1.165, 1.54) is 19.3 Å². The number of carbonyl (C=O) groups excluding carboxylic acids is 1. The number of nitrogens with zero attached hydrogens (tertiary/aromatic N) is 2. The lowest BCUT2D eigenvalue weighted by atomic mass is 9.83. The predicted molar refractivity (Wildman–Crippen MR) is 76.8 cm³/mol. The first-order valence-corrected chi connectivity index (χ1v) is 7.29. The largest absolute Gasteiger partial charge is 0.366 e. The first kappa shape index (κ1) is 14.3. The fourth-order valence-electron chi connectivity index (χ4n) is 2.82. The molecule has 0 amide bonds. The summed E-state index contributed by atoms with van der Waals surface area (Å²) in [4.78, 5) is 19.5. The molecule has 104 valence electrons. The normalized spacial score (nSPS) is 23.1. The molecule has 2 unspecified atom stereocenters. The lowest BCUT2D eigenvalue weighted by Crippen LogP contribution is -2.32. The lowest BCUT2D eigenvalue weighted by Gasteiger charge is -2.32. The van der Waals surface area contributed by atoms with Crippen LogP contribution in [0.2, 0.25) is 5.15 Å². The minimum atomic E-state index is 0.230. The number of aldehydes is 1. The van der Waals surface area contributed by atoms with E-state index >= 15 is 0 Å². The summed E-state index contributed by atoms with van der Waals surface area (Å²) in [7, 11) is 0. The van der Waals surface area contributed by atoms with Crippen molar-refractivity contribution in [2.75, 3.05) is 5.32 Å². The summed E-state index contributed by atoms with van der Waals surface area (Å²) in [5.41, 5.74) is 0.368. The van der Waals surface area contributed by atoms with E-state index in [0.717, 1.165) is 19.1 Å². The Labute approximate surface area is 119 Å². The fourth-order valence-corrected chi connectivity index (χ4v) is 3.08. The van der Waals surface area contributed by atoms with Gasteiger partial charge < -0.3 is 5.32 Å². The maximum atomic E-state index is 11.1. The number of hydrogen-bond donors (Lipinski definition) is 1. The van der Waals surface area contributed by atoms with Crippen LogP contribution in [0.3, 0.4) is 0 Å². The van der Waals surface area contributed by atoms with Crippen LogP contribution in [0.25, 0.3) is 0 Å². The molecule has 2 atom stereocenters. The third kappa shape index (κ3) is 3.24. The van der Waals surface area contributed by atoms with Gasteiger partial charge in [-0.1, -0.05) is 37.8 Å². The minimum absolute atomic E-state index is 0.230. The Bertz CT molecular complexity index is 464. The second-order valence-electron chi connectivity index (χ2n) is 5.15. The predicted octanol–water partition coefficient (Wildman–Crippen LogP) is 3.63. The monoisotopic (exact) mass is 281 g/mol. The summed E-state index contributed by atoms with van der Waals surface area (Å²) in [6, 6.07) is 0.378. The van der Waals surface area contributed by atoms with Gasteiger partial charge in [-0.05, 0) is 25.7 Å². The molecule has 0 aliphatic heterocycles. The van der Waals surface area contributed by atoms with Crippen molar-refractivity contribution in [1.82, 2.24) is 9.97 Å². The summed E-state index contributed by atoms with van der Waals surface area (Å²) >= 11 is 6.00. The molecule has 0 bridgehead atoms. The highest BCUT2D eigenvalue weighted by atomic mass is 35.5. The smallest absolute Gasteiger partial charge is 0.156 e. The van der Waals surface area contributed by atoms with E-state index in [0.29, 0.717) is 29.2 Å². The molecule has 1 saturated carbocycles. The Morgan fingerprint density at radius 1 is 1.37 bits per heavy atom. The third-order valence-corrected chi connectivity index (χ3v) is 4.17. The molecule has 5 heteroatoms. The maximum Gasteiger partial charge on any atom is 0.156 e. The van der Waals surface area contributed by atoms with E-state index in [2.05, 4.69) is 22.2 Å². The number of carbonyl (C=O) groups is 1. The highest BCUT2D eigenvalue weighted by Gasteiger charge is 2.25. The van der Waals surface area contributed by atoms with Crippen LogP contribution in [-0.2, 0) is 0 Å². The molecule has 2 rings (SSSR count). The number of halogens is 1.